The van der Waals surface area contributed by atoms with Gasteiger partial charge in [0.05, 0.1) is 18.9 Å². The molecule has 31 heavy (non-hydrogen) atoms. The summed E-state index contributed by atoms with van der Waals surface area (Å²) in [6, 6.07) is 10.4. The molecule has 1 saturated heterocycles. The molecule has 3 aliphatic rings. The minimum Gasteiger partial charge on any atom is -0.347 e. The van der Waals surface area contributed by atoms with Crippen LogP contribution in [0.5, 0.6) is 0 Å². The predicted molar refractivity (Wildman–Crippen MR) is 120 cm³/mol. The zero-order chi connectivity index (χ0) is 22.0. The lowest BCUT2D eigenvalue weighted by molar-refractivity contribution is -0.232. The Balaban J connectivity index is 1.73. The predicted octanol–water partition coefficient (Wildman–Crippen LogP) is 3.32. The molecule has 1 aliphatic heterocycles. The Kier molecular flexibility index (Phi) is 5.14. The molecule has 9 heteroatoms. The summed E-state index contributed by atoms with van der Waals surface area (Å²) in [5.74, 6) is -0.159. The Morgan fingerprint density at radius 2 is 1.84 bits per heavy atom. The van der Waals surface area contributed by atoms with E-state index in [9.17, 15) is 8.42 Å². The van der Waals surface area contributed by atoms with Crippen LogP contribution in [-0.4, -0.2) is 55.0 Å². The van der Waals surface area contributed by atoms with Crippen molar-refractivity contribution < 1.29 is 17.9 Å². The third-order valence-corrected chi connectivity index (χ3v) is 10.2. The van der Waals surface area contributed by atoms with E-state index in [2.05, 4.69) is 47.1 Å². The maximum Gasteiger partial charge on any atom is 0.323 e. The van der Waals surface area contributed by atoms with Crippen LogP contribution in [0.25, 0.3) is 0 Å². The Hall–Kier alpha value is -1.26. The van der Waals surface area contributed by atoms with Gasteiger partial charge in [0.1, 0.15) is 4.60 Å². The first kappa shape index (κ1) is 21.6. The number of ether oxygens (including phenoxy) is 2. The average molecular weight is 510 g/mol. The van der Waals surface area contributed by atoms with Crippen molar-refractivity contribution in [2.75, 3.05) is 27.3 Å². The molecule has 0 amide bonds. The van der Waals surface area contributed by atoms with Crippen LogP contribution >= 0.6 is 15.9 Å². The van der Waals surface area contributed by atoms with Gasteiger partial charge in [-0.2, -0.15) is 17.8 Å². The van der Waals surface area contributed by atoms with Crippen molar-refractivity contribution in [1.29, 1.82) is 0 Å². The molecule has 2 aliphatic carbocycles. The van der Waals surface area contributed by atoms with Gasteiger partial charge in [-0.25, -0.2) is 0 Å². The van der Waals surface area contributed by atoms with Crippen molar-refractivity contribution in [3.63, 3.8) is 0 Å². The molecule has 1 spiro atoms. The summed E-state index contributed by atoms with van der Waals surface area (Å²) in [7, 11) is -0.687. The summed E-state index contributed by atoms with van der Waals surface area (Å²) in [5.41, 5.74) is 2.65. The Morgan fingerprint density at radius 1 is 1.16 bits per heavy atom. The molecule has 0 bridgehead atoms. The molecule has 168 valence electrons. The van der Waals surface area contributed by atoms with Gasteiger partial charge >= 0.3 is 10.2 Å². The van der Waals surface area contributed by atoms with Crippen molar-refractivity contribution in [2.45, 2.75) is 43.8 Å². The summed E-state index contributed by atoms with van der Waals surface area (Å²) in [6.07, 6.45) is 3.23. The first-order valence-electron chi connectivity index (χ1n) is 10.8. The van der Waals surface area contributed by atoms with Gasteiger partial charge in [-0.1, -0.05) is 37.3 Å². The minimum atomic E-state index is -3.74. The summed E-state index contributed by atoms with van der Waals surface area (Å²) in [6.45, 7) is 3.48. The summed E-state index contributed by atoms with van der Waals surface area (Å²) in [4.78, 5) is 0. The molecular formula is C22H28BrN3O4S. The largest absolute Gasteiger partial charge is 0.347 e. The smallest absolute Gasteiger partial charge is 0.323 e. The SMILES string of the molecule is C[C@H]1[C@@H]2CCc3c(nn(S(=O)(=O)N(C)C)c3Br)[C@@]2(c2ccccc2)CCC12OCCO2. The van der Waals surface area contributed by atoms with Crippen molar-refractivity contribution >= 4 is 26.1 Å². The van der Waals surface area contributed by atoms with Crippen LogP contribution in [0.1, 0.15) is 43.0 Å². The van der Waals surface area contributed by atoms with E-state index in [-0.39, 0.29) is 17.3 Å². The molecule has 1 aromatic heterocycles. The van der Waals surface area contributed by atoms with Crippen LogP contribution in [0.2, 0.25) is 0 Å². The molecule has 2 aromatic rings. The Bertz CT molecular complexity index is 1100. The van der Waals surface area contributed by atoms with Gasteiger partial charge in [0.2, 0.25) is 0 Å². The number of hydrogen-bond acceptors (Lipinski definition) is 5. The number of fused-ring (bicyclic) bond motifs is 3. The van der Waals surface area contributed by atoms with Crippen LogP contribution in [0.3, 0.4) is 0 Å². The van der Waals surface area contributed by atoms with Crippen LogP contribution in [0.4, 0.5) is 0 Å². The van der Waals surface area contributed by atoms with Gasteiger partial charge in [-0.15, -0.1) is 4.09 Å². The van der Waals surface area contributed by atoms with E-state index in [4.69, 9.17) is 14.6 Å². The van der Waals surface area contributed by atoms with Gasteiger partial charge in [-0.05, 0) is 46.7 Å². The third-order valence-electron chi connectivity index (χ3n) is 7.56. The fraction of sp³-hybridized carbons (Fsp3) is 0.591. The molecule has 1 saturated carbocycles. The normalized spacial score (nSPS) is 29.8. The van der Waals surface area contributed by atoms with Crippen LogP contribution in [0, 0.1) is 11.8 Å². The zero-order valence-electron chi connectivity index (χ0n) is 18.0. The monoisotopic (exact) mass is 509 g/mol. The van der Waals surface area contributed by atoms with Gasteiger partial charge in [-0.3, -0.25) is 0 Å². The van der Waals surface area contributed by atoms with Gasteiger partial charge in [0.15, 0.2) is 5.79 Å². The molecule has 1 aromatic carbocycles. The molecule has 0 unspecified atom stereocenters. The molecule has 2 heterocycles. The molecular weight excluding hydrogens is 482 g/mol. The van der Waals surface area contributed by atoms with Gasteiger partial charge in [0, 0.05) is 37.4 Å². The topological polar surface area (TPSA) is 73.7 Å². The lowest BCUT2D eigenvalue weighted by Gasteiger charge is -2.55. The van der Waals surface area contributed by atoms with Crippen LogP contribution in [0.15, 0.2) is 34.9 Å². The quantitative estimate of drug-likeness (QED) is 0.634. The lowest BCUT2D eigenvalue weighted by Crippen LogP contribution is -2.56. The van der Waals surface area contributed by atoms with Crippen molar-refractivity contribution in [2.24, 2.45) is 11.8 Å². The second-order valence-electron chi connectivity index (χ2n) is 9.03. The molecule has 3 atom stereocenters. The van der Waals surface area contributed by atoms with Crippen molar-refractivity contribution in [3.8, 4) is 0 Å². The molecule has 5 rings (SSSR count). The van der Waals surface area contributed by atoms with Crippen LogP contribution < -0.4 is 0 Å². The highest BCUT2D eigenvalue weighted by atomic mass is 79.9. The van der Waals surface area contributed by atoms with Crippen LogP contribution in [-0.2, 0) is 31.5 Å². The summed E-state index contributed by atoms with van der Waals surface area (Å²) >= 11 is 3.57. The summed E-state index contributed by atoms with van der Waals surface area (Å²) < 4.78 is 41.2. The van der Waals surface area contributed by atoms with Gasteiger partial charge < -0.3 is 9.47 Å². The minimum absolute atomic E-state index is 0.159. The second kappa shape index (κ2) is 7.38. The van der Waals surface area contributed by atoms with Crippen molar-refractivity contribution in [1.82, 2.24) is 13.5 Å². The maximum absolute atomic E-state index is 13.0. The maximum atomic E-state index is 13.0. The Labute approximate surface area is 192 Å². The molecule has 0 N–H and O–H groups in total. The third kappa shape index (κ3) is 2.93. The van der Waals surface area contributed by atoms with E-state index in [1.54, 1.807) is 0 Å². The first-order chi connectivity index (χ1) is 14.7. The second-order valence-corrected chi connectivity index (χ2v) is 11.8. The highest BCUT2D eigenvalue weighted by molar-refractivity contribution is 9.10. The summed E-state index contributed by atoms with van der Waals surface area (Å²) in [5, 5.41) is 4.78. The van der Waals surface area contributed by atoms with Gasteiger partial charge in [0.25, 0.3) is 0 Å². The van der Waals surface area contributed by atoms with E-state index in [1.807, 2.05) is 6.07 Å². The molecule has 0 radical (unpaired) electrons. The highest BCUT2D eigenvalue weighted by Gasteiger charge is 2.60. The molecule has 2 fully saturated rings. The standard InChI is InChI=1S/C22H28BrN3O4S/c1-15-18-10-9-17-19(24-26(20(17)23)31(27,28)25(2)3)21(18,16-7-5-4-6-8-16)11-12-22(15)29-13-14-30-22/h4-8,15,18H,9-14H2,1-3H3/t15-,18-,21+/m0/s1. The van der Waals surface area contributed by atoms with E-state index in [0.717, 1.165) is 41.0 Å². The highest BCUT2D eigenvalue weighted by Crippen LogP contribution is 2.60. The first-order valence-corrected chi connectivity index (χ1v) is 13.0. The number of hydrogen-bond donors (Lipinski definition) is 0. The lowest BCUT2D eigenvalue weighted by atomic mass is 9.52. The number of rotatable bonds is 3. The van der Waals surface area contributed by atoms with E-state index in [1.165, 1.54) is 24.0 Å². The number of aromatic nitrogens is 2. The van der Waals surface area contributed by atoms with E-state index < -0.39 is 16.0 Å². The van der Waals surface area contributed by atoms with Crippen molar-refractivity contribution in [3.05, 3.63) is 51.8 Å². The zero-order valence-corrected chi connectivity index (χ0v) is 20.4. The fourth-order valence-corrected chi connectivity index (χ4v) is 7.83. The number of halogens is 1. The number of nitrogens with zero attached hydrogens (tertiary/aromatic N) is 3. The Morgan fingerprint density at radius 3 is 2.48 bits per heavy atom. The van der Waals surface area contributed by atoms with E-state index >= 15 is 0 Å². The number of benzene rings is 1. The molecule has 7 nitrogen and oxygen atoms in total. The average Bonchev–Trinajstić information content (AvgIpc) is 3.37. The fourth-order valence-electron chi connectivity index (χ4n) is 6.01. The van der Waals surface area contributed by atoms with E-state index in [0.29, 0.717) is 17.8 Å².